The molecule has 2 aliphatic carbocycles. The predicted molar refractivity (Wildman–Crippen MR) is 208 cm³/mol. The highest BCUT2D eigenvalue weighted by atomic mass is 16.6. The Kier molecular flexibility index (Phi) is 6.84. The number of fused-ring (bicyclic) bond motifs is 8. The third kappa shape index (κ3) is 3.66. The Bertz CT molecular complexity index is 2350. The van der Waals surface area contributed by atoms with Gasteiger partial charge in [0.25, 0.3) is 0 Å². The molecule has 8 heterocycles. The maximum atomic E-state index is 13.9. The molecule has 2 spiro atoms. The van der Waals surface area contributed by atoms with Crippen LogP contribution in [0.1, 0.15) is 75.1 Å². The topological polar surface area (TPSA) is 164 Å². The van der Waals surface area contributed by atoms with E-state index in [0.29, 0.717) is 54.1 Å². The highest BCUT2D eigenvalue weighted by Gasteiger charge is 2.76. The van der Waals surface area contributed by atoms with E-state index in [2.05, 4.69) is 46.4 Å². The fourth-order valence-corrected chi connectivity index (χ4v) is 14.9. The second-order valence-electron chi connectivity index (χ2n) is 18.3. The fourth-order valence-electron chi connectivity index (χ4n) is 14.9. The van der Waals surface area contributed by atoms with Crippen LogP contribution in [0.3, 0.4) is 0 Å². The molecule has 0 amide bonds. The van der Waals surface area contributed by atoms with Crippen LogP contribution >= 0.6 is 0 Å². The van der Waals surface area contributed by atoms with E-state index in [4.69, 9.17) is 28.4 Å². The number of nitrogens with zero attached hydrogens (tertiary/aromatic N) is 2. The van der Waals surface area contributed by atoms with Crippen molar-refractivity contribution in [1.82, 2.24) is 9.80 Å². The molecule has 14 nitrogen and oxygen atoms in total. The van der Waals surface area contributed by atoms with Crippen LogP contribution in [0.5, 0.6) is 23.0 Å². The normalized spacial score (nSPS) is 40.0. The number of benzene rings is 2. The van der Waals surface area contributed by atoms with Crippen LogP contribution in [-0.4, -0.2) is 117 Å². The Hall–Kier alpha value is -4.50. The second kappa shape index (κ2) is 11.2. The molecular formula is C44H50N4O10. The average molecular weight is 795 g/mol. The van der Waals surface area contributed by atoms with Gasteiger partial charge in [-0.15, -0.1) is 0 Å². The van der Waals surface area contributed by atoms with Crippen LogP contribution in [0.25, 0.3) is 0 Å². The summed E-state index contributed by atoms with van der Waals surface area (Å²) in [5.74, 6) is 0.458. The molecule has 11 atom stereocenters. The van der Waals surface area contributed by atoms with E-state index in [-0.39, 0.29) is 59.6 Å². The number of hydrogen-bond donors (Lipinski definition) is 4. The number of piperidine rings is 2. The Morgan fingerprint density at radius 2 is 1.53 bits per heavy atom. The molecule has 12 rings (SSSR count). The molecule has 8 aliphatic heterocycles. The summed E-state index contributed by atoms with van der Waals surface area (Å²) in [6.45, 7) is 6.76. The number of esters is 2. The SMILES string of the molecule is CC[C@]12CC(C(=O)OC)=C3Nc4cc5c(cc4[C@@]34CCN(C[C@@H]3O[C@@H]31)[C@@H]24)[C@H]1[C@H](O5)[C@@H](O)[C@@]2(CC)CC(C(=O)OC)=C3Nc4c(cc(O)c(OC)c4OC)[C@@]34CCN1[C@@H]24. The smallest absolute Gasteiger partial charge is 0.335 e. The van der Waals surface area contributed by atoms with Crippen LogP contribution in [0.15, 0.2) is 40.7 Å². The monoisotopic (exact) mass is 794 g/mol. The Morgan fingerprint density at radius 3 is 2.22 bits per heavy atom. The van der Waals surface area contributed by atoms with Gasteiger partial charge in [0, 0.05) is 64.7 Å². The first-order valence-electron chi connectivity index (χ1n) is 20.9. The van der Waals surface area contributed by atoms with Gasteiger partial charge in [0.05, 0.1) is 74.4 Å². The van der Waals surface area contributed by atoms with Crippen molar-refractivity contribution in [1.29, 1.82) is 0 Å². The zero-order valence-electron chi connectivity index (χ0n) is 33.7. The van der Waals surface area contributed by atoms with E-state index in [0.717, 1.165) is 54.1 Å². The number of rotatable bonds is 6. The predicted octanol–water partition coefficient (Wildman–Crippen LogP) is 4.00. The van der Waals surface area contributed by atoms with Gasteiger partial charge in [0.15, 0.2) is 11.5 Å². The Labute approximate surface area is 336 Å². The molecule has 5 fully saturated rings. The van der Waals surface area contributed by atoms with Crippen molar-refractivity contribution < 1.29 is 48.2 Å². The number of aromatic hydroxyl groups is 1. The Balaban J connectivity index is 1.05. The van der Waals surface area contributed by atoms with Gasteiger partial charge in [-0.1, -0.05) is 13.8 Å². The summed E-state index contributed by atoms with van der Waals surface area (Å²) in [6.07, 6.45) is 2.52. The highest BCUT2D eigenvalue weighted by Crippen LogP contribution is 2.73. The van der Waals surface area contributed by atoms with Gasteiger partial charge >= 0.3 is 11.9 Å². The molecule has 4 N–H and O–H groups in total. The minimum atomic E-state index is -0.959. The molecule has 0 radical (unpaired) electrons. The van der Waals surface area contributed by atoms with Gasteiger partial charge in [-0.05, 0) is 68.3 Å². The van der Waals surface area contributed by atoms with Crippen molar-refractivity contribution in [3.63, 3.8) is 0 Å². The van der Waals surface area contributed by atoms with Crippen LogP contribution in [-0.2, 0) is 34.6 Å². The first kappa shape index (κ1) is 35.4. The summed E-state index contributed by atoms with van der Waals surface area (Å²) in [5, 5.41) is 31.8. The van der Waals surface area contributed by atoms with E-state index in [1.165, 1.54) is 26.9 Å². The van der Waals surface area contributed by atoms with Crippen molar-refractivity contribution in [3.8, 4) is 23.0 Å². The number of phenolic OH excluding ortho intramolecular Hbond substituents is 1. The molecule has 58 heavy (non-hydrogen) atoms. The number of ether oxygens (including phenoxy) is 6. The van der Waals surface area contributed by atoms with Crippen LogP contribution in [0.4, 0.5) is 11.4 Å². The van der Waals surface area contributed by atoms with Gasteiger partial charge < -0.3 is 49.3 Å². The fraction of sp³-hybridized carbons (Fsp3) is 0.591. The third-order valence-electron chi connectivity index (χ3n) is 16.9. The van der Waals surface area contributed by atoms with Gasteiger partial charge in [-0.3, -0.25) is 9.80 Å². The number of nitrogens with one attached hydrogen (secondary N) is 2. The summed E-state index contributed by atoms with van der Waals surface area (Å²) in [5.41, 5.74) is 5.09. The van der Waals surface area contributed by atoms with E-state index >= 15 is 0 Å². The number of hydrogen-bond acceptors (Lipinski definition) is 14. The number of phenols is 1. The van der Waals surface area contributed by atoms with Crippen molar-refractivity contribution in [2.75, 3.05) is 58.7 Å². The van der Waals surface area contributed by atoms with Gasteiger partial charge in [-0.25, -0.2) is 9.59 Å². The molecule has 0 saturated carbocycles. The first-order chi connectivity index (χ1) is 28.0. The molecule has 306 valence electrons. The molecule has 2 aromatic carbocycles. The minimum Gasteiger partial charge on any atom is -0.504 e. The zero-order valence-corrected chi connectivity index (χ0v) is 33.7. The summed E-state index contributed by atoms with van der Waals surface area (Å²) in [7, 11) is 5.89. The van der Waals surface area contributed by atoms with E-state index in [1.807, 2.05) is 0 Å². The zero-order chi connectivity index (χ0) is 40.0. The van der Waals surface area contributed by atoms with Gasteiger partial charge in [0.1, 0.15) is 18.0 Å². The van der Waals surface area contributed by atoms with Crippen LogP contribution < -0.4 is 24.8 Å². The quantitative estimate of drug-likeness (QED) is 0.189. The van der Waals surface area contributed by atoms with Crippen LogP contribution in [0.2, 0.25) is 0 Å². The molecule has 10 aliphatic rings. The van der Waals surface area contributed by atoms with Gasteiger partial charge in [-0.2, -0.15) is 0 Å². The molecule has 14 heteroatoms. The van der Waals surface area contributed by atoms with Crippen molar-refractivity contribution in [2.45, 2.75) is 106 Å². The average Bonchev–Trinajstić information content (AvgIpc) is 3.57. The van der Waals surface area contributed by atoms with Gasteiger partial charge in [0.2, 0.25) is 5.75 Å². The number of aliphatic hydroxyl groups is 1. The third-order valence-corrected chi connectivity index (χ3v) is 16.9. The molecule has 2 aromatic rings. The lowest BCUT2D eigenvalue weighted by Crippen LogP contribution is -2.69. The maximum absolute atomic E-state index is 13.9. The number of aliphatic hydroxyl groups excluding tert-OH is 1. The highest BCUT2D eigenvalue weighted by molar-refractivity contribution is 5.95. The van der Waals surface area contributed by atoms with Crippen LogP contribution in [0, 0.1) is 10.8 Å². The molecule has 5 saturated heterocycles. The number of methoxy groups -OCH3 is 4. The van der Waals surface area contributed by atoms with E-state index in [9.17, 15) is 19.8 Å². The molecule has 0 bridgehead atoms. The summed E-state index contributed by atoms with van der Waals surface area (Å²) < 4.78 is 35.8. The van der Waals surface area contributed by atoms with E-state index in [1.54, 1.807) is 13.2 Å². The van der Waals surface area contributed by atoms with Crippen molar-refractivity contribution in [2.24, 2.45) is 10.8 Å². The summed E-state index contributed by atoms with van der Waals surface area (Å²) in [4.78, 5) is 32.8. The second-order valence-corrected chi connectivity index (χ2v) is 18.3. The number of carbonyl (C=O) groups is 2. The minimum absolute atomic E-state index is 0.0607. The Morgan fingerprint density at radius 1 is 0.862 bits per heavy atom. The van der Waals surface area contributed by atoms with Crippen molar-refractivity contribution in [3.05, 3.63) is 57.4 Å². The number of epoxide rings is 1. The summed E-state index contributed by atoms with van der Waals surface area (Å²) in [6, 6.07) is 5.72. The summed E-state index contributed by atoms with van der Waals surface area (Å²) >= 11 is 0. The van der Waals surface area contributed by atoms with Crippen molar-refractivity contribution >= 4 is 23.3 Å². The molecule has 0 aromatic heterocycles. The first-order valence-corrected chi connectivity index (χ1v) is 20.9. The number of carbonyl (C=O) groups excluding carboxylic acids is 2. The standard InChI is InChI=1S/C44H50N4O10/c1-7-41-16-20(37(51)55-5)34-44(23-14-25(49)30(53-3)31(54-4)28(23)46-34)10-12-48(40(41)44)29-19-13-22-24(15-26(19)57-32(29)35(41)50)45-33-21(38(52)56-6)17-42(8-2)36-27(58-36)18-47-11-9-43(22,33)39(42)47/h13-15,27,29,32,35-36,39-40,45-46,49-50H,7-12,16-18H2,1-6H3/t27-,29-,32-,35+,36-,39-,40-,41+,42-,43-,44-/m0/s1. The van der Waals surface area contributed by atoms with E-state index < -0.39 is 34.4 Å². The molecule has 0 unspecified atom stereocenters. The lowest BCUT2D eigenvalue weighted by molar-refractivity contribution is -0.168. The molecular weight excluding hydrogens is 745 g/mol. The lowest BCUT2D eigenvalue weighted by Gasteiger charge is -2.60. The lowest BCUT2D eigenvalue weighted by atomic mass is 9.51. The largest absolute Gasteiger partial charge is 0.504 e. The maximum Gasteiger partial charge on any atom is 0.335 e. The number of anilines is 2.